The van der Waals surface area contributed by atoms with Gasteiger partial charge in [0.15, 0.2) is 25.2 Å². The summed E-state index contributed by atoms with van der Waals surface area (Å²) in [5.74, 6) is 0.656. The molecule has 64 heavy (non-hydrogen) atoms. The van der Waals surface area contributed by atoms with E-state index in [1.165, 1.54) is 13.8 Å². The first-order chi connectivity index (χ1) is 30.6. The van der Waals surface area contributed by atoms with E-state index >= 15 is 0 Å². The molecule has 4 aliphatic rings. The van der Waals surface area contributed by atoms with Crippen LogP contribution in [-0.4, -0.2) is 247 Å². The van der Waals surface area contributed by atoms with Gasteiger partial charge in [0.2, 0.25) is 11.8 Å². The van der Waals surface area contributed by atoms with Crippen LogP contribution in [0.4, 0.5) is 0 Å². The standard InChI is InChI=1S/C38H68N2O22S2/c1-17(45)39-23-33(61-37-31(53)29(51)25(47)19(13-41)59-37)27(49)21(15-43)57-35(23)55-9-5-3-7-11-63-64-12-8-4-6-10-56-36-24(40-18(2)46)34(28(50)22(16-44)58-36)62-38-32(54)30(52)26(48)20(14-42)60-38/h19-38,41-44,47-54H,3-16H2,1-2H3,(H,39,45)(H,40,46)/t19-,20-,21-,22-,23-,24-,25+,26+,27+,28+,29+,30+,31-,32-,33-,34-,35+,36+,37+,38+/m1/s1. The third-order valence-electron chi connectivity index (χ3n) is 11.1. The maximum Gasteiger partial charge on any atom is 0.217 e. The lowest BCUT2D eigenvalue weighted by Crippen LogP contribution is -2.68. The van der Waals surface area contributed by atoms with Gasteiger partial charge in [-0.15, -0.1) is 0 Å². The summed E-state index contributed by atoms with van der Waals surface area (Å²) in [4.78, 5) is 24.3. The number of amides is 2. The first kappa shape index (κ1) is 55.4. The zero-order chi connectivity index (χ0) is 47.1. The molecule has 0 unspecified atom stereocenters. The van der Waals surface area contributed by atoms with Gasteiger partial charge in [0.25, 0.3) is 0 Å². The highest BCUT2D eigenvalue weighted by molar-refractivity contribution is 8.76. The van der Waals surface area contributed by atoms with Crippen LogP contribution in [0.15, 0.2) is 0 Å². The Hall–Kier alpha value is -1.16. The molecule has 24 nitrogen and oxygen atoms in total. The highest BCUT2D eigenvalue weighted by Gasteiger charge is 2.53. The summed E-state index contributed by atoms with van der Waals surface area (Å²) >= 11 is 0. The first-order valence-corrected chi connectivity index (χ1v) is 23.9. The molecule has 0 radical (unpaired) electrons. The van der Waals surface area contributed by atoms with Crippen LogP contribution < -0.4 is 10.6 Å². The van der Waals surface area contributed by atoms with Crippen molar-refractivity contribution < 1.29 is 109 Å². The van der Waals surface area contributed by atoms with E-state index in [2.05, 4.69) is 10.6 Å². The minimum Gasteiger partial charge on any atom is -0.394 e. The van der Waals surface area contributed by atoms with Crippen molar-refractivity contribution in [3.05, 3.63) is 0 Å². The van der Waals surface area contributed by atoms with E-state index in [1.807, 2.05) is 0 Å². The molecular formula is C38H68N2O22S2. The summed E-state index contributed by atoms with van der Waals surface area (Å²) in [7, 11) is 3.41. The smallest absolute Gasteiger partial charge is 0.217 e. The van der Waals surface area contributed by atoms with E-state index in [4.69, 9.17) is 37.9 Å². The summed E-state index contributed by atoms with van der Waals surface area (Å²) in [5.41, 5.74) is 0. The Labute approximate surface area is 378 Å². The molecular weight excluding hydrogens is 901 g/mol. The van der Waals surface area contributed by atoms with E-state index in [9.17, 15) is 70.9 Å². The largest absolute Gasteiger partial charge is 0.394 e. The van der Waals surface area contributed by atoms with Crippen LogP contribution in [0.25, 0.3) is 0 Å². The van der Waals surface area contributed by atoms with Gasteiger partial charge in [-0.3, -0.25) is 9.59 Å². The zero-order valence-corrected chi connectivity index (χ0v) is 37.3. The SMILES string of the molecule is CC(=O)N[C@H]1[C@@H](OCCCCCSSCCCCCO[C@H]2O[C@H](CO)[C@H](O)[C@H](O[C@@H]3O[C@H](CO)[C@H](O)[C@H](O)[C@H]3O)[C@H]2NC(C)=O)O[C@H](CO)[C@H](O)[C@@H]1O[C@@H]1O[C@H](CO)[C@H](O)[C@H](O)[C@H]1O. The molecule has 0 aromatic heterocycles. The third kappa shape index (κ3) is 15.2. The maximum absolute atomic E-state index is 12.2. The molecule has 0 bridgehead atoms. The van der Waals surface area contributed by atoms with Gasteiger partial charge in [-0.2, -0.15) is 0 Å². The van der Waals surface area contributed by atoms with E-state index in [0.29, 0.717) is 12.8 Å². The number of ether oxygens (including phenoxy) is 8. The molecule has 374 valence electrons. The molecule has 2 amide bonds. The Morgan fingerprint density at radius 3 is 1.11 bits per heavy atom. The minimum atomic E-state index is -1.78. The van der Waals surface area contributed by atoms with E-state index < -0.39 is 161 Å². The molecule has 4 rings (SSSR count). The number of nitrogens with one attached hydrogen (secondary N) is 2. The predicted molar refractivity (Wildman–Crippen MR) is 221 cm³/mol. The Balaban J connectivity index is 1.14. The summed E-state index contributed by atoms with van der Waals surface area (Å²) in [6, 6.07) is -2.29. The number of rotatable bonds is 25. The van der Waals surface area contributed by atoms with Crippen molar-refractivity contribution in [2.45, 2.75) is 175 Å². The average Bonchev–Trinajstić information content (AvgIpc) is 3.26. The van der Waals surface area contributed by atoms with E-state index in [-0.39, 0.29) is 13.2 Å². The quantitative estimate of drug-likeness (QED) is 0.0299. The van der Waals surface area contributed by atoms with Crippen LogP contribution in [0, 0.1) is 0 Å². The topological polar surface area (TPSA) is 375 Å². The second-order valence-corrected chi connectivity index (χ2v) is 18.7. The number of aliphatic hydroxyl groups excluding tert-OH is 12. The average molecular weight is 969 g/mol. The predicted octanol–water partition coefficient (Wildman–Crippen LogP) is -5.72. The fourth-order valence-electron chi connectivity index (χ4n) is 7.59. The van der Waals surface area contributed by atoms with Gasteiger partial charge in [-0.1, -0.05) is 34.4 Å². The second kappa shape index (κ2) is 27.7. The van der Waals surface area contributed by atoms with Crippen LogP contribution in [0.2, 0.25) is 0 Å². The van der Waals surface area contributed by atoms with Gasteiger partial charge in [-0.05, 0) is 25.7 Å². The number of unbranched alkanes of at least 4 members (excludes halogenated alkanes) is 4. The number of hydrogen-bond donors (Lipinski definition) is 14. The van der Waals surface area contributed by atoms with Crippen LogP contribution >= 0.6 is 21.6 Å². The molecule has 20 atom stereocenters. The van der Waals surface area contributed by atoms with Gasteiger partial charge in [0.1, 0.15) is 97.5 Å². The summed E-state index contributed by atoms with van der Waals surface area (Å²) in [5, 5.41) is 128. The molecule has 0 saturated carbocycles. The highest BCUT2D eigenvalue weighted by atomic mass is 33.1. The monoisotopic (exact) mass is 968 g/mol. The molecule has 26 heteroatoms. The molecule has 4 aliphatic heterocycles. The molecule has 0 spiro atoms. The highest BCUT2D eigenvalue weighted by Crippen LogP contribution is 2.32. The Morgan fingerprint density at radius 1 is 0.453 bits per heavy atom. The lowest BCUT2D eigenvalue weighted by atomic mass is 9.95. The van der Waals surface area contributed by atoms with Crippen LogP contribution in [-0.2, 0) is 47.5 Å². The van der Waals surface area contributed by atoms with Crippen molar-refractivity contribution >= 4 is 33.4 Å². The molecule has 4 saturated heterocycles. The molecule has 4 fully saturated rings. The number of carbonyl (C=O) groups excluding carboxylic acids is 2. The number of aliphatic hydroxyl groups is 12. The van der Waals surface area contributed by atoms with Gasteiger partial charge >= 0.3 is 0 Å². The lowest BCUT2D eigenvalue weighted by molar-refractivity contribution is -0.344. The van der Waals surface area contributed by atoms with Crippen molar-refractivity contribution in [1.82, 2.24) is 10.6 Å². The number of carbonyl (C=O) groups is 2. The van der Waals surface area contributed by atoms with Crippen molar-refractivity contribution in [2.75, 3.05) is 51.1 Å². The maximum atomic E-state index is 12.2. The van der Waals surface area contributed by atoms with Crippen molar-refractivity contribution in [3.63, 3.8) is 0 Å². The van der Waals surface area contributed by atoms with Gasteiger partial charge < -0.3 is 110 Å². The summed E-state index contributed by atoms with van der Waals surface area (Å²) in [6.45, 7) is 0.122. The zero-order valence-electron chi connectivity index (χ0n) is 35.7. The Morgan fingerprint density at radius 2 is 0.781 bits per heavy atom. The summed E-state index contributed by atoms with van der Waals surface area (Å²) in [6.07, 6.45) is -22.3. The van der Waals surface area contributed by atoms with E-state index in [0.717, 1.165) is 37.2 Å². The molecule has 0 aromatic carbocycles. The molecule has 0 aromatic rings. The Bertz CT molecular complexity index is 1270. The lowest BCUT2D eigenvalue weighted by Gasteiger charge is -2.47. The van der Waals surface area contributed by atoms with Crippen LogP contribution in [0.5, 0.6) is 0 Å². The second-order valence-electron chi connectivity index (χ2n) is 16.0. The molecule has 14 N–H and O–H groups in total. The van der Waals surface area contributed by atoms with Crippen molar-refractivity contribution in [1.29, 1.82) is 0 Å². The molecule has 0 aliphatic carbocycles. The summed E-state index contributed by atoms with van der Waals surface area (Å²) < 4.78 is 45.9. The molecule has 4 heterocycles. The minimum absolute atomic E-state index is 0.187. The fraction of sp³-hybridized carbons (Fsp3) is 0.947. The van der Waals surface area contributed by atoms with Gasteiger partial charge in [0, 0.05) is 38.6 Å². The van der Waals surface area contributed by atoms with Crippen LogP contribution in [0.3, 0.4) is 0 Å². The Kier molecular flexibility index (Phi) is 24.0. The van der Waals surface area contributed by atoms with Crippen molar-refractivity contribution in [2.24, 2.45) is 0 Å². The van der Waals surface area contributed by atoms with E-state index in [1.54, 1.807) is 21.6 Å². The third-order valence-corrected chi connectivity index (χ3v) is 13.7. The first-order valence-electron chi connectivity index (χ1n) is 21.4. The van der Waals surface area contributed by atoms with Crippen molar-refractivity contribution in [3.8, 4) is 0 Å². The normalized spacial score (nSPS) is 40.5. The van der Waals surface area contributed by atoms with Crippen LogP contribution in [0.1, 0.15) is 52.4 Å². The number of hydrogen-bond acceptors (Lipinski definition) is 24. The van der Waals surface area contributed by atoms with Gasteiger partial charge in [-0.25, -0.2) is 0 Å². The van der Waals surface area contributed by atoms with Gasteiger partial charge in [0.05, 0.1) is 26.4 Å². The fourth-order valence-corrected chi connectivity index (χ4v) is 9.88.